The number of cyclic esters (lactones) is 1. The Morgan fingerprint density at radius 1 is 1.56 bits per heavy atom. The van der Waals surface area contributed by atoms with Crippen LogP contribution < -0.4 is 5.32 Å². The quantitative estimate of drug-likeness (QED) is 0.725. The van der Waals surface area contributed by atoms with Crippen molar-refractivity contribution >= 4 is 12.1 Å². The van der Waals surface area contributed by atoms with Gasteiger partial charge in [-0.15, -0.1) is 0 Å². The molecule has 1 aliphatic rings. The van der Waals surface area contributed by atoms with Gasteiger partial charge in [0.2, 0.25) is 0 Å². The smallest absolute Gasteiger partial charge is 0.407 e. The lowest BCUT2D eigenvalue weighted by molar-refractivity contribution is -0.145. The van der Waals surface area contributed by atoms with Crippen molar-refractivity contribution in [1.29, 1.82) is 0 Å². The van der Waals surface area contributed by atoms with Gasteiger partial charge in [-0.25, -0.2) is 4.79 Å². The number of hydrogen-bond acceptors (Lipinski definition) is 4. The lowest BCUT2D eigenvalue weighted by Crippen LogP contribution is -2.38. The van der Waals surface area contributed by atoms with E-state index in [1.165, 1.54) is 0 Å². The molecule has 5 heteroatoms. The van der Waals surface area contributed by atoms with Crippen LogP contribution in [-0.2, 0) is 14.3 Å². The highest BCUT2D eigenvalue weighted by atomic mass is 16.6. The third-order valence-corrected chi connectivity index (χ3v) is 2.87. The topological polar surface area (TPSA) is 64.6 Å². The molecule has 0 saturated carbocycles. The zero-order valence-electron chi connectivity index (χ0n) is 9.99. The van der Waals surface area contributed by atoms with Gasteiger partial charge in [-0.3, -0.25) is 4.79 Å². The summed E-state index contributed by atoms with van der Waals surface area (Å²) in [6.45, 7) is 6.16. The lowest BCUT2D eigenvalue weighted by Gasteiger charge is -2.21. The van der Waals surface area contributed by atoms with E-state index < -0.39 is 12.2 Å². The van der Waals surface area contributed by atoms with E-state index in [1.54, 1.807) is 6.92 Å². The molecule has 1 saturated heterocycles. The van der Waals surface area contributed by atoms with E-state index in [1.807, 2.05) is 13.8 Å². The summed E-state index contributed by atoms with van der Waals surface area (Å²) >= 11 is 0. The van der Waals surface area contributed by atoms with Crippen LogP contribution in [0.5, 0.6) is 0 Å². The lowest BCUT2D eigenvalue weighted by atomic mass is 9.93. The fraction of sp³-hybridized carbons (Fsp3) is 0.818. The van der Waals surface area contributed by atoms with Crippen molar-refractivity contribution in [2.45, 2.75) is 45.8 Å². The molecule has 1 fully saturated rings. The van der Waals surface area contributed by atoms with Crippen LogP contribution in [0.1, 0.15) is 33.6 Å². The number of hydrogen-bond donors (Lipinski definition) is 1. The molecule has 5 nitrogen and oxygen atoms in total. The molecule has 1 rings (SSSR count). The van der Waals surface area contributed by atoms with Gasteiger partial charge in [0.05, 0.1) is 19.1 Å². The van der Waals surface area contributed by atoms with Crippen molar-refractivity contribution in [2.75, 3.05) is 6.61 Å². The predicted octanol–water partition coefficient (Wildman–Crippen LogP) is 1.46. The fourth-order valence-electron chi connectivity index (χ4n) is 1.79. The minimum Gasteiger partial charge on any atom is -0.466 e. The number of nitrogens with one attached hydrogen (secondary N) is 1. The fourth-order valence-corrected chi connectivity index (χ4v) is 1.79. The van der Waals surface area contributed by atoms with Gasteiger partial charge in [0.1, 0.15) is 6.10 Å². The first-order chi connectivity index (χ1) is 7.58. The highest BCUT2D eigenvalue weighted by Crippen LogP contribution is 2.21. The van der Waals surface area contributed by atoms with Gasteiger partial charge in [0, 0.05) is 0 Å². The summed E-state index contributed by atoms with van der Waals surface area (Å²) in [5.74, 6) is -0.0387. The summed E-state index contributed by atoms with van der Waals surface area (Å²) in [5.41, 5.74) is 0. The molecule has 1 amide bonds. The summed E-state index contributed by atoms with van der Waals surface area (Å²) in [5, 5.41) is 2.73. The van der Waals surface area contributed by atoms with E-state index in [0.717, 1.165) is 6.42 Å². The maximum atomic E-state index is 11.3. The largest absolute Gasteiger partial charge is 0.466 e. The van der Waals surface area contributed by atoms with Crippen molar-refractivity contribution in [1.82, 2.24) is 5.32 Å². The van der Waals surface area contributed by atoms with Crippen molar-refractivity contribution < 1.29 is 19.1 Å². The highest BCUT2D eigenvalue weighted by molar-refractivity contribution is 5.74. The van der Waals surface area contributed by atoms with Crippen molar-refractivity contribution in [3.05, 3.63) is 0 Å². The molecule has 0 aliphatic carbocycles. The molecule has 0 aromatic carbocycles. The SMILES string of the molecule is CCOC(=O)C[C@H]1OC(=O)N[C@@H]1C(C)CC. The van der Waals surface area contributed by atoms with Gasteiger partial charge in [0.15, 0.2) is 0 Å². The maximum absolute atomic E-state index is 11.3. The first-order valence-electron chi connectivity index (χ1n) is 5.71. The molecular formula is C11H19NO4. The molecule has 92 valence electrons. The Hall–Kier alpha value is -1.26. The molecule has 0 aromatic rings. The number of rotatable bonds is 5. The van der Waals surface area contributed by atoms with Gasteiger partial charge in [-0.2, -0.15) is 0 Å². The second-order valence-electron chi connectivity index (χ2n) is 4.01. The van der Waals surface area contributed by atoms with Crippen molar-refractivity contribution in [3.63, 3.8) is 0 Å². The standard InChI is InChI=1S/C11H19NO4/c1-4-7(3)10-8(16-11(14)12-10)6-9(13)15-5-2/h7-8,10H,4-6H2,1-3H3,(H,12,14)/t7?,8-,10-/m1/s1. The van der Waals surface area contributed by atoms with Gasteiger partial charge in [-0.1, -0.05) is 20.3 Å². The van der Waals surface area contributed by atoms with Crippen LogP contribution in [0.25, 0.3) is 0 Å². The van der Waals surface area contributed by atoms with E-state index in [9.17, 15) is 9.59 Å². The molecule has 16 heavy (non-hydrogen) atoms. The maximum Gasteiger partial charge on any atom is 0.407 e. The molecule has 0 radical (unpaired) electrons. The normalized spacial score (nSPS) is 25.8. The Kier molecular flexibility index (Phi) is 4.58. The highest BCUT2D eigenvalue weighted by Gasteiger charge is 2.38. The third kappa shape index (κ3) is 3.12. The molecule has 1 heterocycles. The average Bonchev–Trinajstić information content (AvgIpc) is 2.58. The molecule has 1 aliphatic heterocycles. The van der Waals surface area contributed by atoms with Gasteiger partial charge >= 0.3 is 12.1 Å². The average molecular weight is 229 g/mol. The minimum absolute atomic E-state index is 0.0955. The van der Waals surface area contributed by atoms with Gasteiger partial charge in [-0.05, 0) is 12.8 Å². The van der Waals surface area contributed by atoms with Crippen LogP contribution in [0.15, 0.2) is 0 Å². The zero-order chi connectivity index (χ0) is 12.1. The summed E-state index contributed by atoms with van der Waals surface area (Å²) in [4.78, 5) is 22.5. The van der Waals surface area contributed by atoms with Crippen LogP contribution in [0.4, 0.5) is 4.79 Å². The van der Waals surface area contributed by atoms with E-state index in [-0.39, 0.29) is 24.3 Å². The van der Waals surface area contributed by atoms with E-state index in [2.05, 4.69) is 5.32 Å². The molecule has 0 aromatic heterocycles. The first-order valence-corrected chi connectivity index (χ1v) is 5.71. The van der Waals surface area contributed by atoms with Crippen LogP contribution in [0.3, 0.4) is 0 Å². The second kappa shape index (κ2) is 5.72. The van der Waals surface area contributed by atoms with E-state index in [4.69, 9.17) is 9.47 Å². The monoisotopic (exact) mass is 229 g/mol. The number of alkyl carbamates (subject to hydrolysis) is 1. The van der Waals surface area contributed by atoms with Crippen LogP contribution in [0, 0.1) is 5.92 Å². The number of esters is 1. The molecular weight excluding hydrogens is 210 g/mol. The van der Waals surface area contributed by atoms with E-state index in [0.29, 0.717) is 6.61 Å². The Bertz CT molecular complexity index is 267. The second-order valence-corrected chi connectivity index (χ2v) is 4.01. The van der Waals surface area contributed by atoms with Crippen molar-refractivity contribution in [3.8, 4) is 0 Å². The van der Waals surface area contributed by atoms with E-state index >= 15 is 0 Å². The number of ether oxygens (including phenoxy) is 2. The Balaban J connectivity index is 2.55. The summed E-state index contributed by atoms with van der Waals surface area (Å²) < 4.78 is 9.91. The Labute approximate surface area is 95.5 Å². The molecule has 3 atom stereocenters. The van der Waals surface area contributed by atoms with Gasteiger partial charge in [0.25, 0.3) is 0 Å². The zero-order valence-corrected chi connectivity index (χ0v) is 9.99. The van der Waals surface area contributed by atoms with Crippen molar-refractivity contribution in [2.24, 2.45) is 5.92 Å². The van der Waals surface area contributed by atoms with Crippen LogP contribution in [-0.4, -0.2) is 30.8 Å². The van der Waals surface area contributed by atoms with Crippen LogP contribution >= 0.6 is 0 Å². The molecule has 1 unspecified atom stereocenters. The number of amides is 1. The first kappa shape index (κ1) is 12.8. The molecule has 1 N–H and O–H groups in total. The summed E-state index contributed by atoms with van der Waals surface area (Å²) in [7, 11) is 0. The number of carbonyl (C=O) groups excluding carboxylic acids is 2. The molecule has 0 bridgehead atoms. The Morgan fingerprint density at radius 3 is 2.81 bits per heavy atom. The van der Waals surface area contributed by atoms with Gasteiger partial charge < -0.3 is 14.8 Å². The predicted molar refractivity (Wildman–Crippen MR) is 57.9 cm³/mol. The number of carbonyl (C=O) groups is 2. The summed E-state index contributed by atoms with van der Waals surface area (Å²) in [6.07, 6.45) is 0.205. The summed E-state index contributed by atoms with van der Waals surface area (Å²) in [6, 6.07) is -0.0955. The third-order valence-electron chi connectivity index (χ3n) is 2.87. The Morgan fingerprint density at radius 2 is 2.25 bits per heavy atom. The molecule has 0 spiro atoms. The van der Waals surface area contributed by atoms with Crippen LogP contribution in [0.2, 0.25) is 0 Å². The minimum atomic E-state index is -0.445.